The molecule has 0 aliphatic heterocycles. The van der Waals surface area contributed by atoms with E-state index in [0.29, 0.717) is 13.1 Å². The Kier molecular flexibility index (Phi) is 16.2. The van der Waals surface area contributed by atoms with Gasteiger partial charge in [0.2, 0.25) is 0 Å². The van der Waals surface area contributed by atoms with Crippen molar-refractivity contribution >= 4 is 18.8 Å². The number of rotatable bonds is 6. The average molecular weight is 568 g/mol. The summed E-state index contributed by atoms with van der Waals surface area (Å²) in [6, 6.07) is 15.9. The second kappa shape index (κ2) is 16.7. The molecule has 0 aliphatic carbocycles. The summed E-state index contributed by atoms with van der Waals surface area (Å²) in [6.07, 6.45) is 1.87. The molecule has 0 amide bonds. The number of hydrogen-bond donors (Lipinski definition) is 2. The summed E-state index contributed by atoms with van der Waals surface area (Å²) in [5.41, 5.74) is 13.3. The van der Waals surface area contributed by atoms with Gasteiger partial charge < -0.3 is 20.9 Å². The van der Waals surface area contributed by atoms with Crippen molar-refractivity contribution in [2.75, 3.05) is 27.3 Å². The molecule has 0 saturated carbocycles. The van der Waals surface area contributed by atoms with Crippen molar-refractivity contribution in [3.05, 3.63) is 59.7 Å². The van der Waals surface area contributed by atoms with E-state index in [0.717, 1.165) is 24.3 Å². The number of hydrogen-bond acceptors (Lipinski definition) is 4. The van der Waals surface area contributed by atoms with Crippen LogP contribution >= 0.6 is 18.8 Å². The quantitative estimate of drug-likeness (QED) is 0.557. The minimum atomic E-state index is -0.472. The molecule has 0 spiro atoms. The molecular weight excluding hydrogens is 542 g/mol. The fourth-order valence-corrected chi connectivity index (χ4v) is 1.92. The van der Waals surface area contributed by atoms with Crippen molar-refractivity contribution in [1.29, 1.82) is 0 Å². The van der Waals surface area contributed by atoms with Gasteiger partial charge in [-0.05, 0) is 61.3 Å². The summed E-state index contributed by atoms with van der Waals surface area (Å²) in [5, 5.41) is 0. The van der Waals surface area contributed by atoms with Crippen LogP contribution in [-0.2, 0) is 29.3 Å². The standard InChI is InChI=1S/2C9H13NO.2ClH.Pt/c2*1-11-9-4-2-8(3-5-9)6-7-10;;;/h2*2-5H,6-7,10H2,1H3;2*1H;/q;;;;+2/p-2. The molecule has 0 fully saturated rings. The number of benzene rings is 2. The van der Waals surface area contributed by atoms with Crippen LogP contribution in [0.4, 0.5) is 0 Å². The fraction of sp³-hybridized carbons (Fsp3) is 0.333. The molecule has 0 aliphatic rings. The van der Waals surface area contributed by atoms with Crippen LogP contribution in [0.2, 0.25) is 0 Å². The van der Waals surface area contributed by atoms with Gasteiger partial charge >= 0.3 is 35.3 Å². The summed E-state index contributed by atoms with van der Waals surface area (Å²) >= 11 is -0.472. The van der Waals surface area contributed by atoms with Gasteiger partial charge in [-0.25, -0.2) is 0 Å². The SMILES string of the molecule is COc1ccc(CCN)cc1.COc1ccc(CCN)cc1.[Cl][Pt][Cl]. The van der Waals surface area contributed by atoms with Crippen molar-refractivity contribution < 1.29 is 26.0 Å². The Morgan fingerprint density at radius 2 is 1.00 bits per heavy atom. The number of nitrogens with two attached hydrogens (primary N) is 2. The third-order valence-electron chi connectivity index (χ3n) is 3.18. The molecule has 0 atom stereocenters. The van der Waals surface area contributed by atoms with E-state index in [-0.39, 0.29) is 0 Å². The van der Waals surface area contributed by atoms with Crippen LogP contribution in [0.3, 0.4) is 0 Å². The fourth-order valence-electron chi connectivity index (χ4n) is 1.92. The van der Waals surface area contributed by atoms with Gasteiger partial charge in [0.25, 0.3) is 0 Å². The zero-order valence-electron chi connectivity index (χ0n) is 14.5. The van der Waals surface area contributed by atoms with E-state index in [1.165, 1.54) is 11.1 Å². The zero-order chi connectivity index (χ0) is 18.9. The van der Waals surface area contributed by atoms with Crippen molar-refractivity contribution in [3.63, 3.8) is 0 Å². The Labute approximate surface area is 167 Å². The van der Waals surface area contributed by atoms with Gasteiger partial charge in [-0.1, -0.05) is 24.3 Å². The van der Waals surface area contributed by atoms with Gasteiger partial charge in [0.1, 0.15) is 11.5 Å². The number of ether oxygens (including phenoxy) is 2. The first-order valence-electron chi connectivity index (χ1n) is 7.63. The van der Waals surface area contributed by atoms with E-state index in [9.17, 15) is 0 Å². The summed E-state index contributed by atoms with van der Waals surface area (Å²) in [4.78, 5) is 0. The van der Waals surface area contributed by atoms with Crippen LogP contribution in [0.15, 0.2) is 48.5 Å². The van der Waals surface area contributed by atoms with Gasteiger partial charge in [-0.3, -0.25) is 0 Å². The van der Waals surface area contributed by atoms with Gasteiger partial charge in [-0.2, -0.15) is 0 Å². The number of methoxy groups -OCH3 is 2. The van der Waals surface area contributed by atoms with Crippen LogP contribution in [-0.4, -0.2) is 27.3 Å². The molecule has 7 heteroatoms. The maximum absolute atomic E-state index is 5.40. The molecule has 0 bridgehead atoms. The van der Waals surface area contributed by atoms with E-state index >= 15 is 0 Å². The first-order valence-corrected chi connectivity index (χ1v) is 13.3. The monoisotopic (exact) mass is 567 g/mol. The topological polar surface area (TPSA) is 70.5 Å². The van der Waals surface area contributed by atoms with E-state index in [2.05, 4.69) is 0 Å². The molecule has 0 unspecified atom stereocenters. The molecule has 0 heterocycles. The van der Waals surface area contributed by atoms with Gasteiger partial charge in [0.05, 0.1) is 14.2 Å². The van der Waals surface area contributed by atoms with Crippen molar-refractivity contribution in [2.24, 2.45) is 11.5 Å². The molecule has 4 N–H and O–H groups in total. The Morgan fingerprint density at radius 1 is 0.720 bits per heavy atom. The normalized spacial score (nSPS) is 9.36. The van der Waals surface area contributed by atoms with Crippen LogP contribution in [0.25, 0.3) is 0 Å². The maximum atomic E-state index is 5.40. The summed E-state index contributed by atoms with van der Waals surface area (Å²) < 4.78 is 10.0. The second-order valence-electron chi connectivity index (χ2n) is 4.82. The predicted octanol–water partition coefficient (Wildman–Crippen LogP) is 3.77. The van der Waals surface area contributed by atoms with E-state index < -0.39 is 16.5 Å². The number of halogens is 2. The Hall–Kier alpha value is -0.772. The van der Waals surface area contributed by atoms with Gasteiger partial charge in [0, 0.05) is 0 Å². The molecule has 0 saturated heterocycles. The van der Waals surface area contributed by atoms with Crippen LogP contribution in [0, 0.1) is 0 Å². The van der Waals surface area contributed by atoms with Gasteiger partial charge in [0.15, 0.2) is 0 Å². The molecular formula is C18H26Cl2N2O2Pt. The molecule has 25 heavy (non-hydrogen) atoms. The van der Waals surface area contributed by atoms with E-state index in [4.69, 9.17) is 39.8 Å². The third-order valence-corrected chi connectivity index (χ3v) is 3.18. The molecule has 0 radical (unpaired) electrons. The predicted molar refractivity (Wildman–Crippen MR) is 103 cm³/mol. The van der Waals surface area contributed by atoms with E-state index in [1.54, 1.807) is 14.2 Å². The molecule has 144 valence electrons. The van der Waals surface area contributed by atoms with Crippen molar-refractivity contribution in [2.45, 2.75) is 12.8 Å². The Bertz CT molecular complexity index is 490. The first-order chi connectivity index (χ1) is 12.1. The first kappa shape index (κ1) is 24.2. The average Bonchev–Trinajstić information content (AvgIpc) is 2.65. The van der Waals surface area contributed by atoms with Crippen LogP contribution in [0.5, 0.6) is 11.5 Å². The summed E-state index contributed by atoms with van der Waals surface area (Å²) in [6.45, 7) is 1.40. The molecule has 2 rings (SSSR count). The summed E-state index contributed by atoms with van der Waals surface area (Å²) in [7, 11) is 13.1. The van der Waals surface area contributed by atoms with Crippen molar-refractivity contribution in [1.82, 2.24) is 0 Å². The Balaban J connectivity index is 0.000000399. The summed E-state index contributed by atoms with van der Waals surface area (Å²) in [5.74, 6) is 1.79. The minimum absolute atomic E-state index is 0.472. The molecule has 0 aromatic heterocycles. The van der Waals surface area contributed by atoms with E-state index in [1.807, 2.05) is 48.5 Å². The third kappa shape index (κ3) is 12.3. The van der Waals surface area contributed by atoms with Gasteiger partial charge in [-0.15, -0.1) is 0 Å². The Morgan fingerprint density at radius 3 is 1.20 bits per heavy atom. The van der Waals surface area contributed by atoms with Crippen LogP contribution < -0.4 is 20.9 Å². The second-order valence-corrected chi connectivity index (χ2v) is 8.10. The molecule has 2 aromatic carbocycles. The van der Waals surface area contributed by atoms with Crippen LogP contribution in [0.1, 0.15) is 11.1 Å². The molecule has 2 aromatic rings. The zero-order valence-corrected chi connectivity index (χ0v) is 18.3. The molecule has 4 nitrogen and oxygen atoms in total. The van der Waals surface area contributed by atoms with Crippen molar-refractivity contribution in [3.8, 4) is 11.5 Å².